The van der Waals surface area contributed by atoms with E-state index in [2.05, 4.69) is 15.5 Å². The number of halogens is 1. The summed E-state index contributed by atoms with van der Waals surface area (Å²) in [5.41, 5.74) is 1.44. The van der Waals surface area contributed by atoms with Crippen molar-refractivity contribution in [2.45, 2.75) is 18.3 Å². The number of fused-ring (bicyclic) bond motifs is 1. The molecule has 128 valence electrons. The van der Waals surface area contributed by atoms with Gasteiger partial charge in [0.05, 0.1) is 17.1 Å². The second kappa shape index (κ2) is 6.29. The molecule has 1 saturated heterocycles. The Labute approximate surface area is 144 Å². The molecule has 0 unspecified atom stereocenters. The molecule has 5 nitrogen and oxygen atoms in total. The van der Waals surface area contributed by atoms with Crippen molar-refractivity contribution in [3.63, 3.8) is 0 Å². The molecular weight excluding hydrogens is 321 g/mol. The number of hydrogen-bond donors (Lipinski definition) is 2. The molecule has 6 heteroatoms. The molecule has 0 spiro atoms. The number of nitrogens with one attached hydrogen (secondary N) is 2. The first-order valence-corrected chi connectivity index (χ1v) is 8.26. The number of aromatic nitrogens is 2. The first-order valence-electron chi connectivity index (χ1n) is 8.26. The van der Waals surface area contributed by atoms with E-state index in [4.69, 9.17) is 4.74 Å². The molecule has 2 N–H and O–H groups in total. The Bertz CT molecular complexity index is 916. The van der Waals surface area contributed by atoms with Crippen molar-refractivity contribution >= 4 is 22.5 Å². The highest BCUT2D eigenvalue weighted by Gasteiger charge is 2.42. The molecule has 1 aromatic heterocycles. The monoisotopic (exact) mass is 339 g/mol. The van der Waals surface area contributed by atoms with Gasteiger partial charge in [0.15, 0.2) is 0 Å². The lowest BCUT2D eigenvalue weighted by Crippen LogP contribution is -2.44. The summed E-state index contributed by atoms with van der Waals surface area (Å²) in [5, 5.41) is 10.8. The summed E-state index contributed by atoms with van der Waals surface area (Å²) in [6, 6.07) is 11.9. The van der Waals surface area contributed by atoms with Gasteiger partial charge in [-0.3, -0.25) is 9.89 Å². The lowest BCUT2D eigenvalue weighted by Gasteiger charge is -2.36. The second-order valence-corrected chi connectivity index (χ2v) is 6.33. The predicted octanol–water partition coefficient (Wildman–Crippen LogP) is 3.39. The molecule has 0 atom stereocenters. The van der Waals surface area contributed by atoms with Crippen LogP contribution in [0.3, 0.4) is 0 Å². The Morgan fingerprint density at radius 3 is 2.84 bits per heavy atom. The van der Waals surface area contributed by atoms with Crippen molar-refractivity contribution < 1.29 is 13.9 Å². The van der Waals surface area contributed by atoms with Gasteiger partial charge in [-0.25, -0.2) is 4.39 Å². The van der Waals surface area contributed by atoms with Gasteiger partial charge >= 0.3 is 0 Å². The van der Waals surface area contributed by atoms with E-state index in [9.17, 15) is 9.18 Å². The first kappa shape index (κ1) is 15.8. The van der Waals surface area contributed by atoms with Crippen LogP contribution >= 0.6 is 0 Å². The van der Waals surface area contributed by atoms with Crippen molar-refractivity contribution in [3.05, 3.63) is 60.0 Å². The summed E-state index contributed by atoms with van der Waals surface area (Å²) in [6.45, 7) is 0.951. The van der Waals surface area contributed by atoms with Crippen LogP contribution in [0.5, 0.6) is 0 Å². The number of amides is 1. The highest BCUT2D eigenvalue weighted by atomic mass is 19.1. The third kappa shape index (κ3) is 2.89. The Kier molecular flexibility index (Phi) is 3.97. The summed E-state index contributed by atoms with van der Waals surface area (Å²) in [4.78, 5) is 13.2. The van der Waals surface area contributed by atoms with Gasteiger partial charge in [-0.15, -0.1) is 0 Å². The van der Waals surface area contributed by atoms with E-state index in [1.54, 1.807) is 12.3 Å². The molecule has 4 rings (SSSR count). The number of aromatic amines is 1. The Hall–Kier alpha value is -2.73. The number of carbonyl (C=O) groups excluding carboxylic acids is 1. The van der Waals surface area contributed by atoms with Crippen LogP contribution in [0.25, 0.3) is 10.9 Å². The van der Waals surface area contributed by atoms with Gasteiger partial charge in [0.25, 0.3) is 0 Å². The fraction of sp³-hybridized carbons (Fsp3) is 0.263. The molecule has 1 aliphatic rings. The van der Waals surface area contributed by atoms with Crippen LogP contribution < -0.4 is 5.32 Å². The number of carbonyl (C=O) groups is 1. The molecule has 0 aliphatic carbocycles. The lowest BCUT2D eigenvalue weighted by molar-refractivity contribution is -0.125. The minimum Gasteiger partial charge on any atom is -0.381 e. The maximum absolute atomic E-state index is 13.7. The summed E-state index contributed by atoms with van der Waals surface area (Å²) in [6.07, 6.45) is 2.77. The number of H-pyrrole nitrogens is 1. The minimum absolute atomic E-state index is 0.139. The third-order valence-electron chi connectivity index (χ3n) is 4.86. The Morgan fingerprint density at radius 1 is 1.20 bits per heavy atom. The van der Waals surface area contributed by atoms with Gasteiger partial charge in [0.1, 0.15) is 5.82 Å². The molecule has 0 saturated carbocycles. The summed E-state index contributed by atoms with van der Waals surface area (Å²) < 4.78 is 19.2. The quantitative estimate of drug-likeness (QED) is 0.769. The standard InChI is InChI=1S/C19H18FN3O2/c20-15-3-1-2-14(10-15)19(6-8-25-9-7-19)18(24)22-16-5-4-13-12-21-23-17(13)11-16/h1-5,10-12H,6-9H2,(H,21,23)(H,22,24). The van der Waals surface area contributed by atoms with Crippen molar-refractivity contribution in [2.75, 3.05) is 18.5 Å². The summed E-state index contributed by atoms with van der Waals surface area (Å²) >= 11 is 0. The second-order valence-electron chi connectivity index (χ2n) is 6.33. The number of anilines is 1. The number of nitrogens with zero attached hydrogens (tertiary/aromatic N) is 1. The average Bonchev–Trinajstić information content (AvgIpc) is 3.10. The molecule has 25 heavy (non-hydrogen) atoms. The van der Waals surface area contributed by atoms with E-state index in [1.807, 2.05) is 24.3 Å². The highest BCUT2D eigenvalue weighted by Crippen LogP contribution is 2.36. The van der Waals surface area contributed by atoms with Crippen molar-refractivity contribution in [2.24, 2.45) is 0 Å². The number of hydrogen-bond acceptors (Lipinski definition) is 3. The fourth-order valence-corrected chi connectivity index (χ4v) is 3.42. The van der Waals surface area contributed by atoms with Gasteiger partial charge in [-0.1, -0.05) is 12.1 Å². The van der Waals surface area contributed by atoms with Crippen LogP contribution in [0.4, 0.5) is 10.1 Å². The van der Waals surface area contributed by atoms with E-state index < -0.39 is 5.41 Å². The molecule has 0 bridgehead atoms. The first-order chi connectivity index (χ1) is 12.2. The number of benzene rings is 2. The Balaban J connectivity index is 1.67. The predicted molar refractivity (Wildman–Crippen MR) is 92.9 cm³/mol. The van der Waals surface area contributed by atoms with Crippen LogP contribution in [-0.2, 0) is 14.9 Å². The smallest absolute Gasteiger partial charge is 0.235 e. The molecule has 1 aliphatic heterocycles. The zero-order valence-corrected chi connectivity index (χ0v) is 13.6. The third-order valence-corrected chi connectivity index (χ3v) is 4.86. The molecule has 3 aromatic rings. The van der Waals surface area contributed by atoms with Gasteiger partial charge in [0.2, 0.25) is 5.91 Å². The summed E-state index contributed by atoms with van der Waals surface area (Å²) in [5.74, 6) is -0.477. The lowest BCUT2D eigenvalue weighted by atomic mass is 9.73. The topological polar surface area (TPSA) is 67.0 Å². The largest absolute Gasteiger partial charge is 0.381 e. The van der Waals surface area contributed by atoms with Gasteiger partial charge in [-0.05, 0) is 48.7 Å². The molecule has 0 radical (unpaired) electrons. The molecule has 2 heterocycles. The van der Waals surface area contributed by atoms with Gasteiger partial charge in [-0.2, -0.15) is 5.10 Å². The molecule has 1 amide bonds. The van der Waals surface area contributed by atoms with E-state index in [0.29, 0.717) is 37.3 Å². The number of rotatable bonds is 3. The van der Waals surface area contributed by atoms with Crippen LogP contribution in [0.2, 0.25) is 0 Å². The van der Waals surface area contributed by atoms with E-state index in [-0.39, 0.29) is 11.7 Å². The normalized spacial score (nSPS) is 16.7. The van der Waals surface area contributed by atoms with Crippen LogP contribution in [0, 0.1) is 5.82 Å². The maximum Gasteiger partial charge on any atom is 0.235 e. The van der Waals surface area contributed by atoms with Gasteiger partial charge in [0, 0.05) is 24.3 Å². The minimum atomic E-state index is -0.788. The van der Waals surface area contributed by atoms with E-state index >= 15 is 0 Å². The Morgan fingerprint density at radius 2 is 2.04 bits per heavy atom. The van der Waals surface area contributed by atoms with E-state index in [0.717, 1.165) is 10.9 Å². The maximum atomic E-state index is 13.7. The molecule has 2 aromatic carbocycles. The van der Waals surface area contributed by atoms with E-state index in [1.165, 1.54) is 12.1 Å². The summed E-state index contributed by atoms with van der Waals surface area (Å²) in [7, 11) is 0. The van der Waals surface area contributed by atoms with Crippen molar-refractivity contribution in [1.82, 2.24) is 10.2 Å². The van der Waals surface area contributed by atoms with Crippen LogP contribution in [0.1, 0.15) is 18.4 Å². The number of ether oxygens (including phenoxy) is 1. The van der Waals surface area contributed by atoms with Crippen molar-refractivity contribution in [3.8, 4) is 0 Å². The average molecular weight is 339 g/mol. The van der Waals surface area contributed by atoms with Crippen LogP contribution in [-0.4, -0.2) is 29.3 Å². The van der Waals surface area contributed by atoms with Gasteiger partial charge < -0.3 is 10.1 Å². The van der Waals surface area contributed by atoms with Crippen LogP contribution in [0.15, 0.2) is 48.7 Å². The zero-order valence-electron chi connectivity index (χ0n) is 13.6. The molecule has 1 fully saturated rings. The zero-order chi connectivity index (χ0) is 17.3. The van der Waals surface area contributed by atoms with Crippen molar-refractivity contribution in [1.29, 1.82) is 0 Å². The fourth-order valence-electron chi connectivity index (χ4n) is 3.42. The SMILES string of the molecule is O=C(Nc1ccc2cn[nH]c2c1)C1(c2cccc(F)c2)CCOCC1. The molecular formula is C19H18FN3O2. The highest BCUT2D eigenvalue weighted by molar-refractivity contribution is 6.00.